The van der Waals surface area contributed by atoms with Crippen LogP contribution in [0, 0.1) is 5.92 Å². The van der Waals surface area contributed by atoms with Crippen LogP contribution in [-0.2, 0) is 11.3 Å². The molecule has 152 valence electrons. The Balaban J connectivity index is 1.69. The van der Waals surface area contributed by atoms with Crippen molar-refractivity contribution in [1.82, 2.24) is 24.6 Å². The molecule has 1 aliphatic rings. The Hall–Kier alpha value is -1.93. The van der Waals surface area contributed by atoms with E-state index in [0.717, 1.165) is 67.9 Å². The highest BCUT2D eigenvalue weighted by Gasteiger charge is 2.22. The minimum Gasteiger partial charge on any atom is -0.342 e. The molecule has 1 aliphatic heterocycles. The second kappa shape index (κ2) is 10.0. The maximum absolute atomic E-state index is 12.6. The molecule has 3 rings (SSSR count). The van der Waals surface area contributed by atoms with Crippen LogP contribution in [0.5, 0.6) is 0 Å². The van der Waals surface area contributed by atoms with Crippen LogP contribution in [-0.4, -0.2) is 70.0 Å². The predicted molar refractivity (Wildman–Crippen MR) is 111 cm³/mol. The van der Waals surface area contributed by atoms with E-state index in [0.29, 0.717) is 5.75 Å². The molecule has 0 bridgehead atoms. The summed E-state index contributed by atoms with van der Waals surface area (Å²) in [6, 6.07) is 3.90. The number of hydrogen-bond donors (Lipinski definition) is 1. The van der Waals surface area contributed by atoms with Gasteiger partial charge in [-0.25, -0.2) is 0 Å². The van der Waals surface area contributed by atoms with Gasteiger partial charge in [0.2, 0.25) is 5.91 Å². The van der Waals surface area contributed by atoms with E-state index in [4.69, 9.17) is 0 Å². The third-order valence-corrected chi connectivity index (χ3v) is 6.13. The number of piperidine rings is 1. The quantitative estimate of drug-likeness (QED) is 0.672. The molecule has 0 aliphatic carbocycles. The zero-order valence-electron chi connectivity index (χ0n) is 17.1. The summed E-state index contributed by atoms with van der Waals surface area (Å²) in [4.78, 5) is 20.1. The lowest BCUT2D eigenvalue weighted by Gasteiger charge is -2.30. The molecule has 0 aromatic carbocycles. The summed E-state index contributed by atoms with van der Waals surface area (Å²) in [5.74, 6) is 2.19. The summed E-state index contributed by atoms with van der Waals surface area (Å²) in [7, 11) is 4.31. The molecule has 2 aromatic heterocycles. The van der Waals surface area contributed by atoms with E-state index in [1.165, 1.54) is 16.7 Å². The van der Waals surface area contributed by atoms with E-state index in [9.17, 15) is 4.79 Å². The van der Waals surface area contributed by atoms with Gasteiger partial charge in [0.15, 0.2) is 11.0 Å². The Morgan fingerprint density at radius 2 is 1.93 bits per heavy atom. The number of amides is 1. The van der Waals surface area contributed by atoms with Crippen molar-refractivity contribution >= 4 is 17.7 Å². The summed E-state index contributed by atoms with van der Waals surface area (Å²) in [5.41, 5.74) is 1.00. The first-order chi connectivity index (χ1) is 13.5. The third kappa shape index (κ3) is 5.54. The number of pyridine rings is 1. The lowest BCUT2D eigenvalue weighted by Crippen LogP contribution is -3.05. The summed E-state index contributed by atoms with van der Waals surface area (Å²) in [6.07, 6.45) is 6.78. The number of carbonyl (C=O) groups excluding carboxylic acids is 1. The normalized spacial score (nSPS) is 15.4. The monoisotopic (exact) mass is 403 g/mol. The smallest absolute Gasteiger partial charge is 0.233 e. The summed E-state index contributed by atoms with van der Waals surface area (Å²) >= 11 is 1.50. The second-order valence-corrected chi connectivity index (χ2v) is 8.80. The number of nitrogens with zero attached hydrogens (tertiary/aromatic N) is 5. The van der Waals surface area contributed by atoms with Gasteiger partial charge in [-0.2, -0.15) is 0 Å². The number of likely N-dealkylation sites (tertiary alicyclic amines) is 1. The highest BCUT2D eigenvalue weighted by atomic mass is 32.2. The maximum atomic E-state index is 12.6. The number of carbonyl (C=O) groups is 1. The molecular formula is C20H31N6OS+. The van der Waals surface area contributed by atoms with Crippen LogP contribution in [0.3, 0.4) is 0 Å². The van der Waals surface area contributed by atoms with Gasteiger partial charge in [0.25, 0.3) is 0 Å². The molecule has 0 unspecified atom stereocenters. The molecule has 1 N–H and O–H groups in total. The van der Waals surface area contributed by atoms with Gasteiger partial charge in [0, 0.05) is 44.0 Å². The van der Waals surface area contributed by atoms with Crippen LogP contribution in [0.15, 0.2) is 29.7 Å². The maximum Gasteiger partial charge on any atom is 0.233 e. The molecule has 1 amide bonds. The Morgan fingerprint density at radius 3 is 2.61 bits per heavy atom. The van der Waals surface area contributed by atoms with Gasteiger partial charge in [-0.1, -0.05) is 18.7 Å². The lowest BCUT2D eigenvalue weighted by molar-refractivity contribution is -0.858. The second-order valence-electron chi connectivity index (χ2n) is 7.86. The molecule has 3 heterocycles. The molecule has 28 heavy (non-hydrogen) atoms. The predicted octanol–water partition coefficient (Wildman–Crippen LogP) is 1.23. The first-order valence-electron chi connectivity index (χ1n) is 10.1. The van der Waals surface area contributed by atoms with Gasteiger partial charge in [0.05, 0.1) is 26.4 Å². The fourth-order valence-electron chi connectivity index (χ4n) is 3.38. The molecule has 0 atom stereocenters. The number of nitrogens with one attached hydrogen (secondary N) is 1. The molecule has 8 heteroatoms. The fraction of sp³-hybridized carbons (Fsp3) is 0.600. The molecular weight excluding hydrogens is 372 g/mol. The van der Waals surface area contributed by atoms with Gasteiger partial charge in [0.1, 0.15) is 0 Å². The van der Waals surface area contributed by atoms with Crippen molar-refractivity contribution in [2.24, 2.45) is 5.92 Å². The van der Waals surface area contributed by atoms with Crippen LogP contribution in [0.4, 0.5) is 0 Å². The minimum absolute atomic E-state index is 0.203. The van der Waals surface area contributed by atoms with E-state index in [-0.39, 0.29) is 5.91 Å². The van der Waals surface area contributed by atoms with Crippen molar-refractivity contribution in [2.45, 2.75) is 37.9 Å². The highest BCUT2D eigenvalue weighted by Crippen LogP contribution is 2.25. The van der Waals surface area contributed by atoms with Crippen molar-refractivity contribution in [1.29, 1.82) is 0 Å². The topological polar surface area (TPSA) is 68.4 Å². The van der Waals surface area contributed by atoms with Gasteiger partial charge in [-0.05, 0) is 30.9 Å². The average molecular weight is 404 g/mol. The number of thioether (sulfide) groups is 1. The van der Waals surface area contributed by atoms with Gasteiger partial charge in [-0.15, -0.1) is 10.2 Å². The Labute approximate surface area is 171 Å². The molecule has 0 saturated carbocycles. The molecule has 1 saturated heterocycles. The van der Waals surface area contributed by atoms with Crippen LogP contribution in [0.25, 0.3) is 11.4 Å². The number of aromatic nitrogens is 4. The van der Waals surface area contributed by atoms with E-state index >= 15 is 0 Å². The largest absolute Gasteiger partial charge is 0.342 e. The van der Waals surface area contributed by atoms with Gasteiger partial charge < -0.3 is 14.4 Å². The van der Waals surface area contributed by atoms with Crippen LogP contribution >= 0.6 is 11.8 Å². The average Bonchev–Trinajstić information content (AvgIpc) is 3.10. The van der Waals surface area contributed by atoms with Gasteiger partial charge in [-0.3, -0.25) is 9.78 Å². The number of rotatable bonds is 8. The SMILES string of the molecule is CC1CCN(C(=O)CSc2nnc(-c3ccncc3)n2CCC[NH+](C)C)CC1. The van der Waals surface area contributed by atoms with E-state index < -0.39 is 0 Å². The highest BCUT2D eigenvalue weighted by molar-refractivity contribution is 7.99. The first-order valence-corrected chi connectivity index (χ1v) is 11.1. The zero-order valence-corrected chi connectivity index (χ0v) is 17.9. The Kier molecular flexibility index (Phi) is 7.44. The Bertz CT molecular complexity index is 755. The molecule has 1 fully saturated rings. The number of hydrogen-bond acceptors (Lipinski definition) is 5. The molecule has 2 aromatic rings. The minimum atomic E-state index is 0.203. The van der Waals surface area contributed by atoms with Crippen molar-refractivity contribution in [3.05, 3.63) is 24.5 Å². The van der Waals surface area contributed by atoms with Crippen molar-refractivity contribution in [2.75, 3.05) is 39.5 Å². The molecule has 7 nitrogen and oxygen atoms in total. The van der Waals surface area contributed by atoms with Crippen molar-refractivity contribution < 1.29 is 9.69 Å². The summed E-state index contributed by atoms with van der Waals surface area (Å²) in [6.45, 7) is 5.92. The van der Waals surface area contributed by atoms with Crippen LogP contribution in [0.2, 0.25) is 0 Å². The number of quaternary nitrogens is 1. The molecule has 0 spiro atoms. The standard InChI is InChI=1S/C20H30N6OS/c1-16-7-13-25(14-8-16)18(27)15-28-20-23-22-19(17-5-9-21-10-6-17)26(20)12-4-11-24(2)3/h5-6,9-10,16H,4,7-8,11-15H2,1-3H3/p+1. The fourth-order valence-corrected chi connectivity index (χ4v) is 4.25. The Morgan fingerprint density at radius 1 is 1.21 bits per heavy atom. The van der Waals surface area contributed by atoms with E-state index in [2.05, 4.69) is 40.8 Å². The lowest BCUT2D eigenvalue weighted by atomic mass is 9.99. The third-order valence-electron chi connectivity index (χ3n) is 5.17. The van der Waals surface area contributed by atoms with E-state index in [1.807, 2.05) is 17.0 Å². The van der Waals surface area contributed by atoms with Gasteiger partial charge >= 0.3 is 0 Å². The van der Waals surface area contributed by atoms with Crippen molar-refractivity contribution in [3.63, 3.8) is 0 Å². The van der Waals surface area contributed by atoms with Crippen LogP contribution < -0.4 is 4.90 Å². The summed E-state index contributed by atoms with van der Waals surface area (Å²) < 4.78 is 2.15. The van der Waals surface area contributed by atoms with Crippen molar-refractivity contribution in [3.8, 4) is 11.4 Å². The summed E-state index contributed by atoms with van der Waals surface area (Å²) in [5, 5.41) is 9.63. The molecule has 0 radical (unpaired) electrons. The van der Waals surface area contributed by atoms with E-state index in [1.54, 1.807) is 12.4 Å². The van der Waals surface area contributed by atoms with Crippen LogP contribution in [0.1, 0.15) is 26.2 Å². The first kappa shape index (κ1) is 20.8. The zero-order chi connectivity index (χ0) is 19.9.